The van der Waals surface area contributed by atoms with Crippen molar-refractivity contribution >= 4 is 23.7 Å². The van der Waals surface area contributed by atoms with E-state index >= 15 is 0 Å². The minimum atomic E-state index is -0.831. The van der Waals surface area contributed by atoms with Crippen molar-refractivity contribution in [2.75, 3.05) is 32.2 Å². The van der Waals surface area contributed by atoms with Gasteiger partial charge in [0.05, 0.1) is 37.6 Å². The summed E-state index contributed by atoms with van der Waals surface area (Å²) in [5.41, 5.74) is -0.311. The maximum absolute atomic E-state index is 13.3. The summed E-state index contributed by atoms with van der Waals surface area (Å²) in [5, 5.41) is 21.0. The predicted octanol–water partition coefficient (Wildman–Crippen LogP) is 3.66. The van der Waals surface area contributed by atoms with Crippen LogP contribution in [-0.2, 0) is 9.53 Å². The second-order valence-electron chi connectivity index (χ2n) is 9.21. The SMILES string of the molecule is COc1cc(C(=O)N2CCCC2CO)c(NC(=O)OC(C)(C)C)cc1OCCCCCC(=O)O. The number of aliphatic hydroxyl groups is 1. The van der Waals surface area contributed by atoms with E-state index < -0.39 is 17.7 Å². The number of benzene rings is 1. The van der Waals surface area contributed by atoms with E-state index in [-0.39, 0.29) is 36.2 Å². The fourth-order valence-electron chi connectivity index (χ4n) is 3.71. The number of ether oxygens (including phenoxy) is 3. The van der Waals surface area contributed by atoms with E-state index in [1.54, 1.807) is 25.7 Å². The number of hydrogen-bond donors (Lipinski definition) is 3. The number of carboxylic acid groups (broad SMARTS) is 1. The molecule has 1 saturated heterocycles. The van der Waals surface area contributed by atoms with E-state index in [1.807, 2.05) is 0 Å². The van der Waals surface area contributed by atoms with E-state index in [9.17, 15) is 19.5 Å². The molecule has 1 atom stereocenters. The number of carbonyl (C=O) groups excluding carboxylic acids is 2. The van der Waals surface area contributed by atoms with Crippen LogP contribution < -0.4 is 14.8 Å². The number of anilines is 1. The number of unbranched alkanes of at least 4 members (excludes halogenated alkanes) is 2. The van der Waals surface area contributed by atoms with Gasteiger partial charge in [0.2, 0.25) is 0 Å². The van der Waals surface area contributed by atoms with Gasteiger partial charge in [-0.3, -0.25) is 14.9 Å². The number of nitrogens with one attached hydrogen (secondary N) is 1. The Morgan fingerprint density at radius 3 is 2.50 bits per heavy atom. The highest BCUT2D eigenvalue weighted by atomic mass is 16.6. The van der Waals surface area contributed by atoms with Crippen LogP contribution in [0, 0.1) is 0 Å². The summed E-state index contributed by atoms with van der Waals surface area (Å²) in [7, 11) is 1.46. The number of hydrogen-bond acceptors (Lipinski definition) is 7. The predicted molar refractivity (Wildman–Crippen MR) is 126 cm³/mol. The summed E-state index contributed by atoms with van der Waals surface area (Å²) in [6.07, 6.45) is 2.75. The lowest BCUT2D eigenvalue weighted by Crippen LogP contribution is -2.38. The van der Waals surface area contributed by atoms with Crippen molar-refractivity contribution in [3.63, 3.8) is 0 Å². The molecule has 1 aromatic carbocycles. The van der Waals surface area contributed by atoms with Crippen LogP contribution >= 0.6 is 0 Å². The van der Waals surface area contributed by atoms with Crippen molar-refractivity contribution < 1.29 is 38.8 Å². The van der Waals surface area contributed by atoms with E-state index in [2.05, 4.69) is 5.32 Å². The van der Waals surface area contributed by atoms with Gasteiger partial charge in [0.1, 0.15) is 5.60 Å². The van der Waals surface area contributed by atoms with Crippen molar-refractivity contribution in [3.8, 4) is 11.5 Å². The Labute approximate surface area is 200 Å². The van der Waals surface area contributed by atoms with E-state index in [4.69, 9.17) is 19.3 Å². The number of aliphatic carboxylic acids is 1. The van der Waals surface area contributed by atoms with Gasteiger partial charge in [-0.25, -0.2) is 4.79 Å². The zero-order valence-electron chi connectivity index (χ0n) is 20.4. The van der Waals surface area contributed by atoms with Gasteiger partial charge < -0.3 is 29.3 Å². The number of carboxylic acids is 1. The summed E-state index contributed by atoms with van der Waals surface area (Å²) in [6, 6.07) is 2.76. The van der Waals surface area contributed by atoms with Crippen LogP contribution in [0.3, 0.4) is 0 Å². The maximum Gasteiger partial charge on any atom is 0.412 e. The van der Waals surface area contributed by atoms with Crippen molar-refractivity contribution in [2.45, 2.75) is 70.9 Å². The second kappa shape index (κ2) is 12.5. The Balaban J connectivity index is 2.27. The van der Waals surface area contributed by atoms with Crippen LogP contribution in [0.4, 0.5) is 10.5 Å². The van der Waals surface area contributed by atoms with Crippen LogP contribution in [0.15, 0.2) is 12.1 Å². The van der Waals surface area contributed by atoms with Crippen molar-refractivity contribution in [1.82, 2.24) is 4.90 Å². The first kappa shape index (κ1) is 27.2. The van der Waals surface area contributed by atoms with Gasteiger partial charge in [0.15, 0.2) is 11.5 Å². The highest BCUT2D eigenvalue weighted by Crippen LogP contribution is 2.36. The number of rotatable bonds is 11. The molecule has 190 valence electrons. The molecule has 2 amide bonds. The fraction of sp³-hybridized carbons (Fsp3) is 0.625. The monoisotopic (exact) mass is 480 g/mol. The zero-order chi connectivity index (χ0) is 25.3. The average Bonchev–Trinajstić information content (AvgIpc) is 3.23. The largest absolute Gasteiger partial charge is 0.493 e. The molecule has 0 saturated carbocycles. The van der Waals surface area contributed by atoms with Crippen LogP contribution in [-0.4, -0.2) is 71.6 Å². The third-order valence-corrected chi connectivity index (χ3v) is 5.31. The van der Waals surface area contributed by atoms with Gasteiger partial charge in [-0.1, -0.05) is 0 Å². The number of carbonyl (C=O) groups is 3. The molecule has 1 fully saturated rings. The molecule has 34 heavy (non-hydrogen) atoms. The molecular formula is C24H36N2O8. The number of likely N-dealkylation sites (tertiary alicyclic amines) is 1. The van der Waals surface area contributed by atoms with E-state index in [1.165, 1.54) is 19.2 Å². The molecule has 0 radical (unpaired) electrons. The molecule has 10 nitrogen and oxygen atoms in total. The number of amides is 2. The molecule has 0 bridgehead atoms. The zero-order valence-corrected chi connectivity index (χ0v) is 20.4. The molecule has 1 heterocycles. The fourth-order valence-corrected chi connectivity index (χ4v) is 3.71. The van der Waals surface area contributed by atoms with Crippen LogP contribution in [0.2, 0.25) is 0 Å². The molecule has 1 aliphatic rings. The third kappa shape index (κ3) is 8.09. The van der Waals surface area contributed by atoms with Crippen LogP contribution in [0.5, 0.6) is 11.5 Å². The third-order valence-electron chi connectivity index (χ3n) is 5.31. The molecular weight excluding hydrogens is 444 g/mol. The first-order valence-corrected chi connectivity index (χ1v) is 11.5. The topological polar surface area (TPSA) is 135 Å². The Hall–Kier alpha value is -3.01. The molecule has 1 unspecified atom stereocenters. The lowest BCUT2D eigenvalue weighted by molar-refractivity contribution is -0.137. The van der Waals surface area contributed by atoms with Crippen molar-refractivity contribution in [3.05, 3.63) is 17.7 Å². The Kier molecular flexibility index (Phi) is 9.97. The lowest BCUT2D eigenvalue weighted by atomic mass is 10.1. The molecule has 0 aromatic heterocycles. The molecule has 0 aliphatic carbocycles. The van der Waals surface area contributed by atoms with Gasteiger partial charge in [-0.05, 0) is 58.9 Å². The highest BCUT2D eigenvalue weighted by molar-refractivity contribution is 6.03. The molecule has 10 heteroatoms. The Bertz CT molecular complexity index is 865. The molecule has 0 spiro atoms. The maximum atomic E-state index is 13.3. The highest BCUT2D eigenvalue weighted by Gasteiger charge is 2.31. The normalized spacial score (nSPS) is 15.7. The summed E-state index contributed by atoms with van der Waals surface area (Å²) in [6.45, 7) is 5.90. The molecule has 2 rings (SSSR count). The van der Waals surface area contributed by atoms with Gasteiger partial charge >= 0.3 is 12.1 Å². The summed E-state index contributed by atoms with van der Waals surface area (Å²) in [4.78, 5) is 38.1. The van der Waals surface area contributed by atoms with Gasteiger partial charge in [-0.2, -0.15) is 0 Å². The minimum absolute atomic E-state index is 0.107. The van der Waals surface area contributed by atoms with Crippen LogP contribution in [0.1, 0.15) is 69.7 Å². The van der Waals surface area contributed by atoms with E-state index in [0.717, 1.165) is 6.42 Å². The quantitative estimate of drug-likeness (QED) is 0.409. The van der Waals surface area contributed by atoms with Crippen molar-refractivity contribution in [2.24, 2.45) is 0 Å². The standard InChI is InChI=1S/C24H36N2O8/c1-24(2,3)34-23(31)25-18-14-20(33-12-7-5-6-10-21(28)29)19(32-4)13-17(18)22(30)26-11-8-9-16(26)15-27/h13-14,16,27H,5-12,15H2,1-4H3,(H,25,31)(H,28,29). The van der Waals surface area contributed by atoms with Crippen molar-refractivity contribution in [1.29, 1.82) is 0 Å². The van der Waals surface area contributed by atoms with Gasteiger partial charge in [0, 0.05) is 19.0 Å². The van der Waals surface area contributed by atoms with Gasteiger partial charge in [0.25, 0.3) is 5.91 Å². The minimum Gasteiger partial charge on any atom is -0.493 e. The first-order chi connectivity index (χ1) is 16.1. The smallest absolute Gasteiger partial charge is 0.412 e. The number of methoxy groups -OCH3 is 1. The summed E-state index contributed by atoms with van der Waals surface area (Å²) < 4.78 is 16.6. The molecule has 3 N–H and O–H groups in total. The Morgan fingerprint density at radius 1 is 1.15 bits per heavy atom. The number of aliphatic hydroxyl groups excluding tert-OH is 1. The van der Waals surface area contributed by atoms with E-state index in [0.29, 0.717) is 50.3 Å². The summed E-state index contributed by atoms with van der Waals surface area (Å²) >= 11 is 0. The lowest BCUT2D eigenvalue weighted by Gasteiger charge is -2.25. The second-order valence-corrected chi connectivity index (χ2v) is 9.21. The van der Waals surface area contributed by atoms with Crippen LogP contribution in [0.25, 0.3) is 0 Å². The summed E-state index contributed by atoms with van der Waals surface area (Å²) in [5.74, 6) is -0.505. The Morgan fingerprint density at radius 2 is 1.88 bits per heavy atom. The first-order valence-electron chi connectivity index (χ1n) is 11.5. The number of nitrogens with zero attached hydrogens (tertiary/aromatic N) is 1. The average molecular weight is 481 g/mol. The molecule has 1 aromatic rings. The van der Waals surface area contributed by atoms with Gasteiger partial charge in [-0.15, -0.1) is 0 Å². The molecule has 1 aliphatic heterocycles.